The summed E-state index contributed by atoms with van der Waals surface area (Å²) in [7, 11) is 0. The van der Waals surface area contributed by atoms with Crippen molar-refractivity contribution in [1.29, 1.82) is 0 Å². The lowest BCUT2D eigenvalue weighted by atomic mass is 9.83. The summed E-state index contributed by atoms with van der Waals surface area (Å²) in [5.41, 5.74) is -0.265. The zero-order chi connectivity index (χ0) is 15.8. The Kier molecular flexibility index (Phi) is 3.52. The Labute approximate surface area is 124 Å². The minimum absolute atomic E-state index is 0.00730. The van der Waals surface area contributed by atoms with E-state index in [9.17, 15) is 18.3 Å². The van der Waals surface area contributed by atoms with E-state index in [1.807, 2.05) is 0 Å². The number of alkyl halides is 3. The standard InChI is InChI=1S/C15H13F3N2O2/c16-15(17,18)22-13-5-3-11(4-6-13)14(21,10-1-2-10)12-7-19-9-20-8-12/h3-10,21H,1-2H2. The van der Waals surface area contributed by atoms with E-state index in [1.165, 1.54) is 43.0 Å². The first-order valence-electron chi connectivity index (χ1n) is 6.74. The van der Waals surface area contributed by atoms with E-state index < -0.39 is 12.0 Å². The Morgan fingerprint density at radius 1 is 1.00 bits per heavy atom. The first-order chi connectivity index (χ1) is 10.4. The van der Waals surface area contributed by atoms with Crippen LogP contribution in [0.3, 0.4) is 0 Å². The lowest BCUT2D eigenvalue weighted by molar-refractivity contribution is -0.274. The third-order valence-electron chi connectivity index (χ3n) is 3.70. The van der Waals surface area contributed by atoms with Crippen molar-refractivity contribution in [3.05, 3.63) is 54.1 Å². The molecule has 7 heteroatoms. The van der Waals surface area contributed by atoms with Gasteiger partial charge in [0.25, 0.3) is 0 Å². The molecule has 1 atom stereocenters. The van der Waals surface area contributed by atoms with E-state index in [-0.39, 0.29) is 11.7 Å². The van der Waals surface area contributed by atoms with E-state index in [0.717, 1.165) is 12.8 Å². The van der Waals surface area contributed by atoms with Gasteiger partial charge in [0.2, 0.25) is 0 Å². The van der Waals surface area contributed by atoms with Crippen LogP contribution < -0.4 is 4.74 Å². The van der Waals surface area contributed by atoms with Crippen molar-refractivity contribution < 1.29 is 23.0 Å². The predicted octanol–water partition coefficient (Wildman–Crippen LogP) is 3.02. The Bertz CT molecular complexity index is 642. The molecule has 3 rings (SSSR count). The minimum Gasteiger partial charge on any atom is -0.406 e. The molecule has 0 amide bonds. The van der Waals surface area contributed by atoms with Gasteiger partial charge in [0, 0.05) is 18.0 Å². The molecule has 1 unspecified atom stereocenters. The highest BCUT2D eigenvalue weighted by atomic mass is 19.4. The molecule has 1 heterocycles. The predicted molar refractivity (Wildman–Crippen MR) is 70.9 cm³/mol. The molecule has 0 radical (unpaired) electrons. The molecule has 1 aromatic carbocycles. The number of nitrogens with zero attached hydrogens (tertiary/aromatic N) is 2. The van der Waals surface area contributed by atoms with Crippen LogP contribution in [-0.4, -0.2) is 21.4 Å². The van der Waals surface area contributed by atoms with Crippen LogP contribution in [0, 0.1) is 5.92 Å². The summed E-state index contributed by atoms with van der Waals surface area (Å²) >= 11 is 0. The average Bonchev–Trinajstić information content (AvgIpc) is 3.31. The SMILES string of the molecule is OC(c1ccc(OC(F)(F)F)cc1)(c1cncnc1)C1CC1. The first-order valence-corrected chi connectivity index (χ1v) is 6.74. The fraction of sp³-hybridized carbons (Fsp3) is 0.333. The molecule has 0 aliphatic heterocycles. The molecular weight excluding hydrogens is 297 g/mol. The summed E-state index contributed by atoms with van der Waals surface area (Å²) in [4.78, 5) is 7.82. The van der Waals surface area contributed by atoms with Gasteiger partial charge in [-0.25, -0.2) is 9.97 Å². The maximum Gasteiger partial charge on any atom is 0.573 e. The summed E-state index contributed by atoms with van der Waals surface area (Å²) in [6, 6.07) is 5.26. The molecule has 1 aliphatic carbocycles. The molecule has 1 fully saturated rings. The van der Waals surface area contributed by atoms with Crippen molar-refractivity contribution in [2.45, 2.75) is 24.8 Å². The Morgan fingerprint density at radius 3 is 2.09 bits per heavy atom. The number of benzene rings is 1. The number of aromatic nitrogens is 2. The van der Waals surface area contributed by atoms with Crippen LogP contribution in [0.25, 0.3) is 0 Å². The van der Waals surface area contributed by atoms with Crippen LogP contribution in [0.15, 0.2) is 43.0 Å². The summed E-state index contributed by atoms with van der Waals surface area (Å²) in [6.45, 7) is 0. The van der Waals surface area contributed by atoms with Crippen molar-refractivity contribution in [2.24, 2.45) is 5.92 Å². The van der Waals surface area contributed by atoms with Crippen LogP contribution in [-0.2, 0) is 5.60 Å². The Morgan fingerprint density at radius 2 is 1.59 bits per heavy atom. The molecule has 2 aromatic rings. The van der Waals surface area contributed by atoms with Gasteiger partial charge in [0.1, 0.15) is 17.7 Å². The van der Waals surface area contributed by atoms with Gasteiger partial charge in [-0.3, -0.25) is 0 Å². The van der Waals surface area contributed by atoms with Gasteiger partial charge in [-0.15, -0.1) is 13.2 Å². The highest BCUT2D eigenvalue weighted by molar-refractivity contribution is 5.39. The van der Waals surface area contributed by atoms with Crippen LogP contribution in [0.4, 0.5) is 13.2 Å². The van der Waals surface area contributed by atoms with Crippen molar-refractivity contribution in [1.82, 2.24) is 9.97 Å². The fourth-order valence-corrected chi connectivity index (χ4v) is 2.55. The summed E-state index contributed by atoms with van der Waals surface area (Å²) < 4.78 is 40.4. The van der Waals surface area contributed by atoms with Crippen molar-refractivity contribution >= 4 is 0 Å². The largest absolute Gasteiger partial charge is 0.573 e. The van der Waals surface area contributed by atoms with Gasteiger partial charge < -0.3 is 9.84 Å². The van der Waals surface area contributed by atoms with E-state index in [2.05, 4.69) is 14.7 Å². The zero-order valence-corrected chi connectivity index (χ0v) is 11.4. The third kappa shape index (κ3) is 2.89. The fourth-order valence-electron chi connectivity index (χ4n) is 2.55. The molecule has 0 bridgehead atoms. The van der Waals surface area contributed by atoms with Crippen molar-refractivity contribution in [3.63, 3.8) is 0 Å². The highest BCUT2D eigenvalue weighted by Gasteiger charge is 2.47. The number of halogens is 3. The number of ether oxygens (including phenoxy) is 1. The molecule has 1 aliphatic rings. The number of aliphatic hydroxyl groups is 1. The van der Waals surface area contributed by atoms with Crippen molar-refractivity contribution in [3.8, 4) is 5.75 Å². The van der Waals surface area contributed by atoms with Crippen molar-refractivity contribution in [2.75, 3.05) is 0 Å². The summed E-state index contributed by atoms with van der Waals surface area (Å²) in [5, 5.41) is 11.1. The topological polar surface area (TPSA) is 55.2 Å². The molecule has 1 aromatic heterocycles. The molecule has 4 nitrogen and oxygen atoms in total. The van der Waals surface area contributed by atoms with Crippen LogP contribution >= 0.6 is 0 Å². The van der Waals surface area contributed by atoms with Crippen LogP contribution in [0.1, 0.15) is 24.0 Å². The number of rotatable bonds is 4. The van der Waals surface area contributed by atoms with Gasteiger partial charge in [-0.05, 0) is 36.5 Å². The van der Waals surface area contributed by atoms with Gasteiger partial charge >= 0.3 is 6.36 Å². The lowest BCUT2D eigenvalue weighted by Gasteiger charge is -2.29. The van der Waals surface area contributed by atoms with Gasteiger partial charge in [0.15, 0.2) is 0 Å². The number of hydrogen-bond donors (Lipinski definition) is 1. The normalized spacial score (nSPS) is 17.8. The third-order valence-corrected chi connectivity index (χ3v) is 3.70. The minimum atomic E-state index is -4.73. The monoisotopic (exact) mass is 310 g/mol. The van der Waals surface area contributed by atoms with E-state index >= 15 is 0 Å². The second kappa shape index (κ2) is 5.24. The molecule has 116 valence electrons. The zero-order valence-electron chi connectivity index (χ0n) is 11.4. The lowest BCUT2D eigenvalue weighted by Crippen LogP contribution is -2.30. The van der Waals surface area contributed by atoms with E-state index in [0.29, 0.717) is 11.1 Å². The highest BCUT2D eigenvalue weighted by Crippen LogP contribution is 2.49. The van der Waals surface area contributed by atoms with Crippen LogP contribution in [0.5, 0.6) is 5.75 Å². The van der Waals surface area contributed by atoms with Gasteiger partial charge in [-0.1, -0.05) is 12.1 Å². The summed E-state index contributed by atoms with van der Waals surface area (Å²) in [6.07, 6.45) is 1.34. The molecule has 1 N–H and O–H groups in total. The quantitative estimate of drug-likeness (QED) is 0.943. The van der Waals surface area contributed by atoms with E-state index in [1.54, 1.807) is 0 Å². The average molecular weight is 310 g/mol. The summed E-state index contributed by atoms with van der Waals surface area (Å²) in [5.74, 6) is -0.313. The molecule has 0 saturated heterocycles. The second-order valence-electron chi connectivity index (χ2n) is 5.24. The molecular formula is C15H13F3N2O2. The first kappa shape index (κ1) is 14.8. The van der Waals surface area contributed by atoms with E-state index in [4.69, 9.17) is 0 Å². The van der Waals surface area contributed by atoms with Crippen LogP contribution in [0.2, 0.25) is 0 Å². The smallest absolute Gasteiger partial charge is 0.406 e. The number of hydrogen-bond acceptors (Lipinski definition) is 4. The van der Waals surface area contributed by atoms with Gasteiger partial charge in [0.05, 0.1) is 0 Å². The Hall–Kier alpha value is -2.15. The molecule has 0 spiro atoms. The Balaban J connectivity index is 1.93. The second-order valence-corrected chi connectivity index (χ2v) is 5.24. The molecule has 22 heavy (non-hydrogen) atoms. The maximum absolute atomic E-state index is 12.2. The van der Waals surface area contributed by atoms with Gasteiger partial charge in [-0.2, -0.15) is 0 Å². The maximum atomic E-state index is 12.2. The molecule has 1 saturated carbocycles.